The Morgan fingerprint density at radius 2 is 2.41 bits per heavy atom. The summed E-state index contributed by atoms with van der Waals surface area (Å²) in [4.78, 5) is 10.4. The molecule has 0 amide bonds. The Morgan fingerprint density at radius 1 is 1.59 bits per heavy atom. The molecule has 1 atom stereocenters. The van der Waals surface area contributed by atoms with E-state index in [1.54, 1.807) is 13.2 Å². The van der Waals surface area contributed by atoms with Crippen LogP contribution in [0.25, 0.3) is 0 Å². The molecule has 2 N–H and O–H groups in total. The molecule has 1 aromatic rings. The minimum Gasteiger partial charge on any atom is -0.481 e. The molecule has 0 radical (unpaired) electrons. The van der Waals surface area contributed by atoms with Crippen LogP contribution in [-0.2, 0) is 4.74 Å². The summed E-state index contributed by atoms with van der Waals surface area (Å²) in [5.41, 5.74) is 5.65. The van der Waals surface area contributed by atoms with Crippen LogP contribution in [-0.4, -0.2) is 42.9 Å². The molecule has 6 heteroatoms. The van der Waals surface area contributed by atoms with Gasteiger partial charge < -0.3 is 20.1 Å². The van der Waals surface area contributed by atoms with E-state index in [-0.39, 0.29) is 12.1 Å². The molecule has 6 nitrogen and oxygen atoms in total. The van der Waals surface area contributed by atoms with Crippen molar-refractivity contribution in [2.75, 3.05) is 37.4 Å². The maximum Gasteiger partial charge on any atom is 0.225 e. The van der Waals surface area contributed by atoms with E-state index >= 15 is 0 Å². The number of hydrogen-bond donors (Lipinski definition) is 1. The van der Waals surface area contributed by atoms with Gasteiger partial charge in [0, 0.05) is 19.2 Å². The van der Waals surface area contributed by atoms with E-state index in [0.717, 1.165) is 25.3 Å². The summed E-state index contributed by atoms with van der Waals surface area (Å²) in [6.45, 7) is 4.47. The molecule has 0 spiro atoms. The van der Waals surface area contributed by atoms with Crippen LogP contribution in [0, 0.1) is 0 Å². The van der Waals surface area contributed by atoms with E-state index in [4.69, 9.17) is 15.2 Å². The average molecular weight is 238 g/mol. The second-order valence-electron chi connectivity index (χ2n) is 3.97. The topological polar surface area (TPSA) is 73.5 Å². The molecule has 0 aliphatic carbocycles. The van der Waals surface area contributed by atoms with Crippen molar-refractivity contribution in [2.24, 2.45) is 0 Å². The highest BCUT2D eigenvalue weighted by molar-refractivity contribution is 5.45. The number of nitrogen functional groups attached to an aromatic ring is 1. The van der Waals surface area contributed by atoms with Crippen LogP contribution in [0.5, 0.6) is 5.88 Å². The van der Waals surface area contributed by atoms with Gasteiger partial charge in [-0.1, -0.05) is 6.92 Å². The Hall–Kier alpha value is -1.56. The fraction of sp³-hybridized carbons (Fsp3) is 0.636. The molecule has 1 aliphatic heterocycles. The Balaban J connectivity index is 2.18. The number of anilines is 2. The highest BCUT2D eigenvalue weighted by atomic mass is 16.5. The van der Waals surface area contributed by atoms with Crippen molar-refractivity contribution in [3.8, 4) is 5.88 Å². The summed E-state index contributed by atoms with van der Waals surface area (Å²) in [6, 6.07) is 1.80. The van der Waals surface area contributed by atoms with Crippen molar-refractivity contribution in [1.82, 2.24) is 9.97 Å². The molecule has 94 valence electrons. The first kappa shape index (κ1) is 11.9. The Morgan fingerprint density at radius 3 is 3.12 bits per heavy atom. The van der Waals surface area contributed by atoms with Gasteiger partial charge in [-0.25, -0.2) is 0 Å². The summed E-state index contributed by atoms with van der Waals surface area (Å²) in [7, 11) is 1.57. The van der Waals surface area contributed by atoms with E-state index in [1.807, 2.05) is 0 Å². The highest BCUT2D eigenvalue weighted by Crippen LogP contribution is 2.21. The van der Waals surface area contributed by atoms with Crippen molar-refractivity contribution in [2.45, 2.75) is 19.4 Å². The number of morpholine rings is 1. The number of hydrogen-bond acceptors (Lipinski definition) is 6. The predicted octanol–water partition coefficient (Wildman–Crippen LogP) is 0.683. The third kappa shape index (κ3) is 2.76. The zero-order chi connectivity index (χ0) is 12.3. The van der Waals surface area contributed by atoms with Gasteiger partial charge in [0.25, 0.3) is 0 Å². The molecular formula is C11H18N4O2. The summed E-state index contributed by atoms with van der Waals surface area (Å²) in [5, 5.41) is 0. The first-order chi connectivity index (χ1) is 8.22. The van der Waals surface area contributed by atoms with Gasteiger partial charge in [0.05, 0.1) is 19.8 Å². The lowest BCUT2D eigenvalue weighted by molar-refractivity contribution is 0.0381. The highest BCUT2D eigenvalue weighted by Gasteiger charge is 2.21. The lowest BCUT2D eigenvalue weighted by atomic mass is 10.2. The molecule has 0 bridgehead atoms. The Labute approximate surface area is 101 Å². The minimum atomic E-state index is 0.235. The number of aromatic nitrogens is 2. The maximum atomic E-state index is 5.65. The zero-order valence-electron chi connectivity index (χ0n) is 10.2. The molecule has 0 saturated carbocycles. The van der Waals surface area contributed by atoms with Crippen LogP contribution in [0.2, 0.25) is 0 Å². The van der Waals surface area contributed by atoms with Gasteiger partial charge >= 0.3 is 0 Å². The van der Waals surface area contributed by atoms with Gasteiger partial charge in [-0.05, 0) is 6.42 Å². The number of methoxy groups -OCH3 is 1. The van der Waals surface area contributed by atoms with Crippen LogP contribution in [0.3, 0.4) is 0 Å². The Bertz CT molecular complexity index is 386. The molecule has 17 heavy (non-hydrogen) atoms. The van der Waals surface area contributed by atoms with Crippen molar-refractivity contribution >= 4 is 11.8 Å². The van der Waals surface area contributed by atoms with Crippen LogP contribution < -0.4 is 15.4 Å². The van der Waals surface area contributed by atoms with Crippen molar-refractivity contribution in [3.05, 3.63) is 6.07 Å². The molecule has 1 aliphatic rings. The summed E-state index contributed by atoms with van der Waals surface area (Å²) in [6.07, 6.45) is 1.25. The number of nitrogens with two attached hydrogens (primary N) is 1. The standard InChI is InChI=1S/C11H18N4O2/c1-3-8-7-15(4-5-17-8)9-6-10(16-2)14-11(12)13-9/h6,8H,3-5,7H2,1-2H3,(H2,12,13,14)/t8-/m0/s1. The largest absolute Gasteiger partial charge is 0.481 e. The van der Waals surface area contributed by atoms with Gasteiger partial charge in [0.15, 0.2) is 0 Å². The van der Waals surface area contributed by atoms with Crippen molar-refractivity contribution in [3.63, 3.8) is 0 Å². The monoisotopic (exact) mass is 238 g/mol. The van der Waals surface area contributed by atoms with Crippen molar-refractivity contribution < 1.29 is 9.47 Å². The SMILES string of the molecule is CC[C@H]1CN(c2cc(OC)nc(N)n2)CCO1. The van der Waals surface area contributed by atoms with E-state index in [2.05, 4.69) is 21.8 Å². The van der Waals surface area contributed by atoms with Crippen LogP contribution in [0.1, 0.15) is 13.3 Å². The van der Waals surface area contributed by atoms with E-state index in [9.17, 15) is 0 Å². The molecular weight excluding hydrogens is 220 g/mol. The van der Waals surface area contributed by atoms with Crippen LogP contribution >= 0.6 is 0 Å². The van der Waals surface area contributed by atoms with Crippen molar-refractivity contribution in [1.29, 1.82) is 0 Å². The maximum absolute atomic E-state index is 5.65. The quantitative estimate of drug-likeness (QED) is 0.835. The smallest absolute Gasteiger partial charge is 0.225 e. The third-order valence-corrected chi connectivity index (χ3v) is 2.83. The average Bonchev–Trinajstić information content (AvgIpc) is 2.38. The molecule has 1 fully saturated rings. The fourth-order valence-corrected chi connectivity index (χ4v) is 1.87. The third-order valence-electron chi connectivity index (χ3n) is 2.83. The van der Waals surface area contributed by atoms with Gasteiger partial charge in [0.2, 0.25) is 11.8 Å². The molecule has 2 heterocycles. The van der Waals surface area contributed by atoms with Crippen LogP contribution in [0.15, 0.2) is 6.07 Å². The first-order valence-electron chi connectivity index (χ1n) is 5.78. The minimum absolute atomic E-state index is 0.235. The van der Waals surface area contributed by atoms with E-state index in [1.165, 1.54) is 0 Å². The van der Waals surface area contributed by atoms with E-state index in [0.29, 0.717) is 12.5 Å². The van der Waals surface area contributed by atoms with Gasteiger partial charge in [-0.3, -0.25) is 0 Å². The first-order valence-corrected chi connectivity index (χ1v) is 5.78. The summed E-state index contributed by atoms with van der Waals surface area (Å²) in [5.74, 6) is 1.53. The van der Waals surface area contributed by atoms with E-state index < -0.39 is 0 Å². The fourth-order valence-electron chi connectivity index (χ4n) is 1.87. The van der Waals surface area contributed by atoms with Gasteiger partial charge in [-0.15, -0.1) is 0 Å². The summed E-state index contributed by atoms with van der Waals surface area (Å²) < 4.78 is 10.7. The van der Waals surface area contributed by atoms with Gasteiger partial charge in [0.1, 0.15) is 5.82 Å². The number of nitrogens with zero attached hydrogens (tertiary/aromatic N) is 3. The second kappa shape index (κ2) is 5.18. The lowest BCUT2D eigenvalue weighted by Crippen LogP contribution is -2.42. The summed E-state index contributed by atoms with van der Waals surface area (Å²) >= 11 is 0. The zero-order valence-corrected chi connectivity index (χ0v) is 10.2. The molecule has 1 saturated heterocycles. The second-order valence-corrected chi connectivity index (χ2v) is 3.97. The molecule has 0 aromatic carbocycles. The lowest BCUT2D eigenvalue weighted by Gasteiger charge is -2.33. The van der Waals surface area contributed by atoms with Crippen LogP contribution in [0.4, 0.5) is 11.8 Å². The normalized spacial score (nSPS) is 20.4. The van der Waals surface area contributed by atoms with Gasteiger partial charge in [-0.2, -0.15) is 9.97 Å². The predicted molar refractivity (Wildman–Crippen MR) is 65.2 cm³/mol. The molecule has 2 rings (SSSR count). The molecule has 1 aromatic heterocycles. The molecule has 0 unspecified atom stereocenters. The Kier molecular flexibility index (Phi) is 3.63. The number of ether oxygens (including phenoxy) is 2. The number of rotatable bonds is 3.